The van der Waals surface area contributed by atoms with E-state index in [1.54, 1.807) is 13.3 Å². The summed E-state index contributed by atoms with van der Waals surface area (Å²) in [7, 11) is 2.86. The Kier molecular flexibility index (Phi) is 3.49. The van der Waals surface area contributed by atoms with Crippen LogP contribution >= 0.6 is 11.6 Å². The number of hydrogen-bond donors (Lipinski definition) is 0. The first-order valence-corrected chi connectivity index (χ1v) is 5.61. The van der Waals surface area contributed by atoms with Crippen molar-refractivity contribution in [3.8, 4) is 0 Å². The minimum absolute atomic E-state index is 0.300. The summed E-state index contributed by atoms with van der Waals surface area (Å²) in [6.07, 6.45) is 2.65. The topological polar surface area (TPSA) is 65.7 Å². The zero-order chi connectivity index (χ0) is 13.3. The molecule has 0 aliphatic carbocycles. The maximum atomic E-state index is 11.7. The highest BCUT2D eigenvalue weighted by Gasteiger charge is 2.22. The normalized spacial score (nSPS) is 12.7. The minimum atomic E-state index is -0.483. The molecule has 0 saturated carbocycles. The van der Waals surface area contributed by atoms with Crippen molar-refractivity contribution in [2.75, 3.05) is 14.2 Å². The molecular weight excluding hydrogens is 258 g/mol. The molecule has 18 heavy (non-hydrogen) atoms. The Hall–Kier alpha value is -1.66. The van der Waals surface area contributed by atoms with Crippen molar-refractivity contribution in [3.63, 3.8) is 0 Å². The number of methoxy groups -OCH3 is 2. The predicted molar refractivity (Wildman–Crippen MR) is 64.8 cm³/mol. The molecule has 1 unspecified atom stereocenters. The quantitative estimate of drug-likeness (QED) is 0.796. The standard InChI is InChI=1S/C11H12ClN3O3/c1-6(17-2)9-7(11(16)18-3)4-13-15-5-8(12)14-10(9)15/h4-6H,1-3H3. The van der Waals surface area contributed by atoms with Crippen molar-refractivity contribution in [1.29, 1.82) is 0 Å². The molecule has 0 fully saturated rings. The third-order valence-corrected chi connectivity index (χ3v) is 2.85. The highest BCUT2D eigenvalue weighted by Crippen LogP contribution is 2.26. The number of rotatable bonds is 3. The summed E-state index contributed by atoms with van der Waals surface area (Å²) in [6.45, 7) is 1.81. The molecule has 0 aliphatic rings. The fourth-order valence-corrected chi connectivity index (χ4v) is 1.89. The van der Waals surface area contributed by atoms with Crippen LogP contribution in [0.5, 0.6) is 0 Å². The Balaban J connectivity index is 2.74. The molecule has 96 valence electrons. The van der Waals surface area contributed by atoms with E-state index in [4.69, 9.17) is 21.1 Å². The first kappa shape index (κ1) is 12.8. The van der Waals surface area contributed by atoms with E-state index < -0.39 is 5.97 Å². The van der Waals surface area contributed by atoms with E-state index in [0.717, 1.165) is 0 Å². The van der Waals surface area contributed by atoms with Crippen LogP contribution in [0.2, 0.25) is 5.15 Å². The van der Waals surface area contributed by atoms with Crippen LogP contribution in [0, 0.1) is 0 Å². The fraction of sp³-hybridized carbons (Fsp3) is 0.364. The first-order chi connectivity index (χ1) is 8.58. The monoisotopic (exact) mass is 269 g/mol. The second kappa shape index (κ2) is 4.91. The zero-order valence-electron chi connectivity index (χ0n) is 10.2. The Bertz CT molecular complexity index is 596. The molecule has 2 rings (SSSR count). The summed E-state index contributed by atoms with van der Waals surface area (Å²) in [4.78, 5) is 15.9. The zero-order valence-corrected chi connectivity index (χ0v) is 10.9. The Morgan fingerprint density at radius 3 is 2.83 bits per heavy atom. The van der Waals surface area contributed by atoms with E-state index in [1.165, 1.54) is 17.8 Å². The number of imidazole rings is 1. The summed E-state index contributed by atoms with van der Waals surface area (Å²) in [5, 5.41) is 4.36. The lowest BCUT2D eigenvalue weighted by Crippen LogP contribution is -2.12. The van der Waals surface area contributed by atoms with E-state index in [0.29, 0.717) is 21.9 Å². The summed E-state index contributed by atoms with van der Waals surface area (Å²) >= 11 is 5.84. The van der Waals surface area contributed by atoms with Gasteiger partial charge in [0.2, 0.25) is 0 Å². The number of halogens is 1. The average molecular weight is 270 g/mol. The van der Waals surface area contributed by atoms with Crippen LogP contribution in [0.4, 0.5) is 0 Å². The van der Waals surface area contributed by atoms with Crippen LogP contribution in [-0.2, 0) is 9.47 Å². The molecule has 0 saturated heterocycles. The second-order valence-electron chi connectivity index (χ2n) is 3.67. The van der Waals surface area contributed by atoms with Gasteiger partial charge < -0.3 is 9.47 Å². The van der Waals surface area contributed by atoms with Gasteiger partial charge in [0.1, 0.15) is 5.15 Å². The van der Waals surface area contributed by atoms with Gasteiger partial charge in [0.25, 0.3) is 0 Å². The molecule has 2 aromatic rings. The summed E-state index contributed by atoms with van der Waals surface area (Å²) < 4.78 is 11.5. The van der Waals surface area contributed by atoms with Crippen molar-refractivity contribution >= 4 is 23.2 Å². The molecule has 1 atom stereocenters. The molecule has 7 heteroatoms. The minimum Gasteiger partial charge on any atom is -0.465 e. The summed E-state index contributed by atoms with van der Waals surface area (Å²) in [5.41, 5.74) is 1.41. The predicted octanol–water partition coefficient (Wildman–Crippen LogP) is 1.88. The Labute approximate surface area is 108 Å². The van der Waals surface area contributed by atoms with Gasteiger partial charge in [-0.2, -0.15) is 5.10 Å². The number of esters is 1. The van der Waals surface area contributed by atoms with Crippen LogP contribution < -0.4 is 0 Å². The van der Waals surface area contributed by atoms with E-state index >= 15 is 0 Å². The molecule has 0 aliphatic heterocycles. The smallest absolute Gasteiger partial charge is 0.340 e. The number of fused-ring (bicyclic) bond motifs is 1. The van der Waals surface area contributed by atoms with Crippen LogP contribution in [0.1, 0.15) is 28.9 Å². The molecule has 0 radical (unpaired) electrons. The molecule has 0 amide bonds. The number of ether oxygens (including phenoxy) is 2. The van der Waals surface area contributed by atoms with Gasteiger partial charge in [-0.25, -0.2) is 14.3 Å². The molecule has 0 bridgehead atoms. The van der Waals surface area contributed by atoms with Gasteiger partial charge in [0.15, 0.2) is 5.65 Å². The SMILES string of the molecule is COC(=O)c1cnn2cc(Cl)nc2c1C(C)OC. The van der Waals surface area contributed by atoms with Crippen molar-refractivity contribution in [3.05, 3.63) is 28.7 Å². The fourth-order valence-electron chi connectivity index (χ4n) is 1.72. The third kappa shape index (κ3) is 2.04. The van der Waals surface area contributed by atoms with Gasteiger partial charge in [-0.3, -0.25) is 0 Å². The van der Waals surface area contributed by atoms with E-state index in [-0.39, 0.29) is 6.10 Å². The largest absolute Gasteiger partial charge is 0.465 e. The molecule has 0 spiro atoms. The van der Waals surface area contributed by atoms with Crippen LogP contribution in [0.15, 0.2) is 12.4 Å². The molecule has 2 heterocycles. The number of carbonyl (C=O) groups is 1. The number of aromatic nitrogens is 3. The number of carbonyl (C=O) groups excluding carboxylic acids is 1. The molecule has 6 nitrogen and oxygen atoms in total. The van der Waals surface area contributed by atoms with Gasteiger partial charge >= 0.3 is 5.97 Å². The summed E-state index contributed by atoms with van der Waals surface area (Å²) in [6, 6.07) is 0. The Morgan fingerprint density at radius 1 is 1.50 bits per heavy atom. The third-order valence-electron chi connectivity index (χ3n) is 2.67. The molecule has 0 N–H and O–H groups in total. The maximum Gasteiger partial charge on any atom is 0.340 e. The molecule has 0 aromatic carbocycles. The highest BCUT2D eigenvalue weighted by molar-refractivity contribution is 6.29. The first-order valence-electron chi connectivity index (χ1n) is 5.23. The number of nitrogens with zero attached hydrogens (tertiary/aromatic N) is 3. The van der Waals surface area contributed by atoms with Gasteiger partial charge in [0, 0.05) is 12.7 Å². The van der Waals surface area contributed by atoms with Crippen molar-refractivity contribution < 1.29 is 14.3 Å². The highest BCUT2D eigenvalue weighted by atomic mass is 35.5. The summed E-state index contributed by atoms with van der Waals surface area (Å²) in [5.74, 6) is -0.483. The van der Waals surface area contributed by atoms with Crippen LogP contribution in [-0.4, -0.2) is 34.8 Å². The lowest BCUT2D eigenvalue weighted by Gasteiger charge is -2.14. The maximum absolute atomic E-state index is 11.7. The molecule has 2 aromatic heterocycles. The van der Waals surface area contributed by atoms with Crippen molar-refractivity contribution in [2.24, 2.45) is 0 Å². The van der Waals surface area contributed by atoms with Crippen LogP contribution in [0.3, 0.4) is 0 Å². The van der Waals surface area contributed by atoms with Gasteiger partial charge in [-0.15, -0.1) is 0 Å². The van der Waals surface area contributed by atoms with E-state index in [9.17, 15) is 4.79 Å². The van der Waals surface area contributed by atoms with Crippen LogP contribution in [0.25, 0.3) is 5.65 Å². The van der Waals surface area contributed by atoms with Crippen molar-refractivity contribution in [2.45, 2.75) is 13.0 Å². The number of hydrogen-bond acceptors (Lipinski definition) is 5. The lowest BCUT2D eigenvalue weighted by atomic mass is 10.1. The van der Waals surface area contributed by atoms with Gasteiger partial charge in [-0.1, -0.05) is 11.6 Å². The van der Waals surface area contributed by atoms with E-state index in [2.05, 4.69) is 10.1 Å². The van der Waals surface area contributed by atoms with Gasteiger partial charge in [-0.05, 0) is 6.92 Å². The second-order valence-corrected chi connectivity index (χ2v) is 4.06. The van der Waals surface area contributed by atoms with Gasteiger partial charge in [0.05, 0.1) is 31.2 Å². The van der Waals surface area contributed by atoms with E-state index in [1.807, 2.05) is 6.92 Å². The average Bonchev–Trinajstić information content (AvgIpc) is 2.75. The van der Waals surface area contributed by atoms with Crippen molar-refractivity contribution in [1.82, 2.24) is 14.6 Å². The lowest BCUT2D eigenvalue weighted by molar-refractivity contribution is 0.0588. The Morgan fingerprint density at radius 2 is 2.22 bits per heavy atom. The molecular formula is C11H12ClN3O3.